The average Bonchev–Trinajstić information content (AvgIpc) is 3.10. The highest BCUT2D eigenvalue weighted by molar-refractivity contribution is 6.30. The van der Waals surface area contributed by atoms with Crippen molar-refractivity contribution >= 4 is 22.6 Å². The molecule has 0 unspecified atom stereocenters. The monoisotopic (exact) mass is 371 g/mol. The molecule has 4 rings (SSSR count). The molecule has 1 aliphatic heterocycles. The summed E-state index contributed by atoms with van der Waals surface area (Å²) in [5.41, 5.74) is 2.51. The van der Waals surface area contributed by atoms with Gasteiger partial charge in [0.05, 0.1) is 17.4 Å². The van der Waals surface area contributed by atoms with Crippen molar-refractivity contribution < 1.29 is 9.84 Å². The predicted molar refractivity (Wildman–Crippen MR) is 103 cm³/mol. The number of benzene rings is 2. The SMILES string of the molecule is OC1(COc2cccc(Cl)c2)CCN(Cc2ccc3nc[nH]c3c2)CC1. The molecule has 0 spiro atoms. The zero-order valence-electron chi connectivity index (χ0n) is 14.5. The van der Waals surface area contributed by atoms with E-state index < -0.39 is 5.60 Å². The number of aliphatic hydroxyl groups is 1. The zero-order chi connectivity index (χ0) is 18.0. The quantitative estimate of drug-likeness (QED) is 0.719. The standard InChI is InChI=1S/C20H22ClN3O2/c21-16-2-1-3-17(11-16)26-13-20(25)6-8-24(9-7-20)12-15-4-5-18-19(10-15)23-14-22-18/h1-5,10-11,14,25H,6-9,12-13H2,(H,22,23). The Bertz CT molecular complexity index is 887. The topological polar surface area (TPSA) is 61.4 Å². The van der Waals surface area contributed by atoms with Crippen LogP contribution in [0.25, 0.3) is 11.0 Å². The Morgan fingerprint density at radius 2 is 2.04 bits per heavy atom. The zero-order valence-corrected chi connectivity index (χ0v) is 15.2. The minimum absolute atomic E-state index is 0.293. The van der Waals surface area contributed by atoms with Gasteiger partial charge in [-0.05, 0) is 48.7 Å². The number of piperidine rings is 1. The first kappa shape index (κ1) is 17.3. The van der Waals surface area contributed by atoms with Gasteiger partial charge in [0.1, 0.15) is 18.0 Å². The van der Waals surface area contributed by atoms with Crippen LogP contribution in [0.1, 0.15) is 18.4 Å². The molecule has 0 aliphatic carbocycles. The molecule has 0 radical (unpaired) electrons. The average molecular weight is 372 g/mol. The summed E-state index contributed by atoms with van der Waals surface area (Å²) in [6, 6.07) is 13.6. The number of H-pyrrole nitrogens is 1. The molecule has 0 amide bonds. The third kappa shape index (κ3) is 4.01. The summed E-state index contributed by atoms with van der Waals surface area (Å²) in [6.45, 7) is 2.86. The first-order chi connectivity index (χ1) is 12.6. The van der Waals surface area contributed by atoms with Crippen LogP contribution in [0.15, 0.2) is 48.8 Å². The molecule has 6 heteroatoms. The molecule has 2 aromatic carbocycles. The number of aromatic nitrogens is 2. The third-order valence-electron chi connectivity index (χ3n) is 4.98. The largest absolute Gasteiger partial charge is 0.491 e. The molecule has 1 saturated heterocycles. The van der Waals surface area contributed by atoms with Gasteiger partial charge in [0.25, 0.3) is 0 Å². The smallest absolute Gasteiger partial charge is 0.120 e. The third-order valence-corrected chi connectivity index (χ3v) is 5.22. The molecular weight excluding hydrogens is 350 g/mol. The number of nitrogens with zero attached hydrogens (tertiary/aromatic N) is 2. The van der Waals surface area contributed by atoms with Crippen LogP contribution >= 0.6 is 11.6 Å². The Balaban J connectivity index is 1.31. The molecule has 26 heavy (non-hydrogen) atoms. The number of fused-ring (bicyclic) bond motifs is 1. The Morgan fingerprint density at radius 3 is 2.85 bits per heavy atom. The fourth-order valence-corrected chi connectivity index (χ4v) is 3.57. The van der Waals surface area contributed by atoms with Gasteiger partial charge in [-0.15, -0.1) is 0 Å². The van der Waals surface area contributed by atoms with E-state index in [0.717, 1.165) is 30.7 Å². The van der Waals surface area contributed by atoms with Crippen molar-refractivity contribution in [2.75, 3.05) is 19.7 Å². The second kappa shape index (κ2) is 7.27. The lowest BCUT2D eigenvalue weighted by Crippen LogP contribution is -2.47. The Hall–Kier alpha value is -2.08. The molecule has 136 valence electrons. The summed E-state index contributed by atoms with van der Waals surface area (Å²) in [5.74, 6) is 0.696. The maximum absolute atomic E-state index is 10.8. The van der Waals surface area contributed by atoms with Crippen LogP contribution in [0.5, 0.6) is 5.75 Å². The number of likely N-dealkylation sites (tertiary alicyclic amines) is 1. The minimum Gasteiger partial charge on any atom is -0.491 e. The van der Waals surface area contributed by atoms with Gasteiger partial charge in [0.2, 0.25) is 0 Å². The number of hydrogen-bond acceptors (Lipinski definition) is 4. The highest BCUT2D eigenvalue weighted by Crippen LogP contribution is 2.26. The van der Waals surface area contributed by atoms with E-state index in [1.165, 1.54) is 5.56 Å². The fourth-order valence-electron chi connectivity index (χ4n) is 3.39. The molecule has 1 aliphatic rings. The molecule has 1 fully saturated rings. The number of hydrogen-bond donors (Lipinski definition) is 2. The van der Waals surface area contributed by atoms with Crippen LogP contribution in [0.3, 0.4) is 0 Å². The first-order valence-corrected chi connectivity index (χ1v) is 9.23. The van der Waals surface area contributed by atoms with Crippen LogP contribution < -0.4 is 4.74 Å². The first-order valence-electron chi connectivity index (χ1n) is 8.85. The van der Waals surface area contributed by atoms with Gasteiger partial charge in [-0.2, -0.15) is 0 Å². The van der Waals surface area contributed by atoms with Gasteiger partial charge in [-0.1, -0.05) is 23.7 Å². The number of nitrogens with one attached hydrogen (secondary N) is 1. The van der Waals surface area contributed by atoms with E-state index in [2.05, 4.69) is 27.0 Å². The van der Waals surface area contributed by atoms with Gasteiger partial charge in [0, 0.05) is 24.7 Å². The molecule has 0 bridgehead atoms. The Kier molecular flexibility index (Phi) is 4.85. The minimum atomic E-state index is -0.786. The number of aromatic amines is 1. The summed E-state index contributed by atoms with van der Waals surface area (Å²) in [5, 5.41) is 11.4. The number of ether oxygens (including phenoxy) is 1. The number of imidazole rings is 1. The highest BCUT2D eigenvalue weighted by Gasteiger charge is 2.33. The van der Waals surface area contributed by atoms with Crippen LogP contribution in [-0.2, 0) is 6.54 Å². The highest BCUT2D eigenvalue weighted by atomic mass is 35.5. The van der Waals surface area contributed by atoms with Gasteiger partial charge >= 0.3 is 0 Å². The lowest BCUT2D eigenvalue weighted by atomic mass is 9.92. The van der Waals surface area contributed by atoms with Crippen molar-refractivity contribution in [1.82, 2.24) is 14.9 Å². The van der Waals surface area contributed by atoms with Crippen molar-refractivity contribution in [3.63, 3.8) is 0 Å². The molecule has 1 aromatic heterocycles. The summed E-state index contributed by atoms with van der Waals surface area (Å²) in [7, 11) is 0. The van der Waals surface area contributed by atoms with Crippen LogP contribution in [0.4, 0.5) is 0 Å². The molecule has 0 atom stereocenters. The molecule has 0 saturated carbocycles. The van der Waals surface area contributed by atoms with E-state index >= 15 is 0 Å². The van der Waals surface area contributed by atoms with Gasteiger partial charge in [-0.25, -0.2) is 4.98 Å². The Morgan fingerprint density at radius 1 is 1.19 bits per heavy atom. The second-order valence-electron chi connectivity index (χ2n) is 7.00. The summed E-state index contributed by atoms with van der Waals surface area (Å²) in [4.78, 5) is 9.77. The van der Waals surface area contributed by atoms with Gasteiger partial charge in [-0.3, -0.25) is 4.90 Å². The van der Waals surface area contributed by atoms with Crippen molar-refractivity contribution in [2.24, 2.45) is 0 Å². The summed E-state index contributed by atoms with van der Waals surface area (Å²) in [6.07, 6.45) is 3.11. The van der Waals surface area contributed by atoms with Crippen molar-refractivity contribution in [3.05, 3.63) is 59.4 Å². The second-order valence-corrected chi connectivity index (χ2v) is 7.44. The fraction of sp³-hybridized carbons (Fsp3) is 0.350. The van der Waals surface area contributed by atoms with Crippen LogP contribution in [0, 0.1) is 0 Å². The number of halogens is 1. The molecular formula is C20H22ClN3O2. The van der Waals surface area contributed by atoms with Crippen molar-refractivity contribution in [2.45, 2.75) is 25.0 Å². The molecule has 3 aromatic rings. The maximum atomic E-state index is 10.8. The summed E-state index contributed by atoms with van der Waals surface area (Å²) >= 11 is 5.97. The van der Waals surface area contributed by atoms with E-state index in [1.54, 1.807) is 12.4 Å². The van der Waals surface area contributed by atoms with Crippen molar-refractivity contribution in [3.8, 4) is 5.75 Å². The Labute approximate surface area is 157 Å². The maximum Gasteiger partial charge on any atom is 0.120 e. The van der Waals surface area contributed by atoms with Crippen molar-refractivity contribution in [1.29, 1.82) is 0 Å². The normalized spacial score (nSPS) is 17.5. The van der Waals surface area contributed by atoms with E-state index in [4.69, 9.17) is 16.3 Å². The molecule has 2 heterocycles. The van der Waals surface area contributed by atoms with E-state index in [9.17, 15) is 5.11 Å². The lowest BCUT2D eigenvalue weighted by molar-refractivity contribution is -0.0537. The molecule has 5 nitrogen and oxygen atoms in total. The van der Waals surface area contributed by atoms with E-state index in [0.29, 0.717) is 30.2 Å². The van der Waals surface area contributed by atoms with Gasteiger partial charge < -0.3 is 14.8 Å². The van der Waals surface area contributed by atoms with Crippen LogP contribution in [0.2, 0.25) is 5.02 Å². The summed E-state index contributed by atoms with van der Waals surface area (Å²) < 4.78 is 5.76. The van der Waals surface area contributed by atoms with E-state index in [-0.39, 0.29) is 0 Å². The van der Waals surface area contributed by atoms with Crippen LogP contribution in [-0.4, -0.2) is 45.3 Å². The number of rotatable bonds is 5. The predicted octanol–water partition coefficient (Wildman–Crippen LogP) is 3.62. The van der Waals surface area contributed by atoms with Gasteiger partial charge in [0.15, 0.2) is 0 Å². The molecule has 2 N–H and O–H groups in total. The van der Waals surface area contributed by atoms with E-state index in [1.807, 2.05) is 24.3 Å². The lowest BCUT2D eigenvalue weighted by Gasteiger charge is -2.38.